The van der Waals surface area contributed by atoms with Crippen LogP contribution in [0.2, 0.25) is 0 Å². The maximum Gasteiger partial charge on any atom is 2.00 e. The molecule has 3 rings (SSSR count). The molecular weight excluding hydrogens is 878 g/mol. The Hall–Kier alpha value is -5.14. The molecule has 1 radical (unpaired) electrons. The summed E-state index contributed by atoms with van der Waals surface area (Å²) in [7, 11) is 0. The Morgan fingerprint density at radius 2 is 1.23 bits per heavy atom. The molecule has 0 spiro atoms. The number of hydrogen-bond donors (Lipinski definition) is 3. The molecule has 0 saturated carbocycles. The van der Waals surface area contributed by atoms with E-state index in [0.717, 1.165) is 32.4 Å². The third-order valence-corrected chi connectivity index (χ3v) is 11.2. The third kappa shape index (κ3) is 22.4. The smallest absolute Gasteiger partial charge is 0.461 e. The minimum absolute atomic E-state index is 0. The summed E-state index contributed by atoms with van der Waals surface area (Å²) in [5.41, 5.74) is 5.28. The second-order valence-corrected chi connectivity index (χ2v) is 16.4. The predicted molar refractivity (Wildman–Crippen MR) is 265 cm³/mol. The van der Waals surface area contributed by atoms with Gasteiger partial charge < -0.3 is 43.1 Å². The van der Waals surface area contributed by atoms with Crippen LogP contribution in [0, 0.1) is 31.1 Å². The summed E-state index contributed by atoms with van der Waals surface area (Å²) < 4.78 is 9.64. The van der Waals surface area contributed by atoms with Gasteiger partial charge in [-0.15, -0.1) is 0 Å². The van der Waals surface area contributed by atoms with E-state index in [0.29, 0.717) is 40.4 Å². The molecule has 0 saturated heterocycles. The van der Waals surface area contributed by atoms with Crippen LogP contribution in [-0.4, -0.2) is 66.6 Å². The number of hydrazone groups is 1. The van der Waals surface area contributed by atoms with Gasteiger partial charge in [-0.1, -0.05) is 129 Å². The number of hydrogen-bond acceptors (Lipinski definition) is 9. The predicted octanol–water partition coefficient (Wildman–Crippen LogP) is 11.7. The summed E-state index contributed by atoms with van der Waals surface area (Å²) in [6, 6.07) is 23.7. The van der Waals surface area contributed by atoms with Crippen LogP contribution in [0.25, 0.3) is 0 Å². The van der Waals surface area contributed by atoms with E-state index in [9.17, 15) is 24.0 Å². The second kappa shape index (κ2) is 34.2. The fraction of sp³-hybridized carbons (Fsp3) is 0.509. The van der Waals surface area contributed by atoms with Gasteiger partial charge in [0.15, 0.2) is 5.91 Å². The molecule has 3 aromatic rings. The van der Waals surface area contributed by atoms with Gasteiger partial charge in [-0.3, -0.25) is 15.0 Å². The van der Waals surface area contributed by atoms with E-state index < -0.39 is 23.6 Å². The van der Waals surface area contributed by atoms with E-state index in [1.54, 1.807) is 57.2 Å². The van der Waals surface area contributed by atoms with Gasteiger partial charge in [-0.2, -0.15) is 11.5 Å². The average Bonchev–Trinajstić information content (AvgIpc) is 3.30. The first-order valence-corrected chi connectivity index (χ1v) is 23.8. The number of ether oxygens (including phenoxy) is 2. The normalized spacial score (nSPS) is 12.3. The van der Waals surface area contributed by atoms with Crippen LogP contribution < -0.4 is 16.1 Å². The van der Waals surface area contributed by atoms with E-state index in [4.69, 9.17) is 9.47 Å². The maximum absolute atomic E-state index is 13.3. The number of amides is 3. The monoisotopic (exact) mass is 955 g/mol. The number of rotatable bonds is 28. The molecule has 3 aromatic carbocycles. The van der Waals surface area contributed by atoms with Gasteiger partial charge in [0.25, 0.3) is 11.6 Å². The second-order valence-electron chi connectivity index (χ2n) is 16.4. The van der Waals surface area contributed by atoms with Crippen molar-refractivity contribution in [1.29, 1.82) is 0 Å². The first-order valence-electron chi connectivity index (χ1n) is 23.8. The van der Waals surface area contributed by atoms with Crippen LogP contribution in [0.3, 0.4) is 0 Å². The zero-order valence-electron chi connectivity index (χ0n) is 40.8. The van der Waals surface area contributed by atoms with Crippen molar-refractivity contribution in [1.82, 2.24) is 4.90 Å². The topological polar surface area (TPSA) is 155 Å². The fourth-order valence-electron chi connectivity index (χ4n) is 7.11. The van der Waals surface area contributed by atoms with Crippen molar-refractivity contribution >= 4 is 52.4 Å². The number of unbranched alkanes of at least 4 members (excludes halogenated alkanes) is 2. The summed E-state index contributed by atoms with van der Waals surface area (Å²) in [6.07, 6.45) is 14.9. The van der Waals surface area contributed by atoms with Crippen LogP contribution in [-0.2, 0) is 45.4 Å². The summed E-state index contributed by atoms with van der Waals surface area (Å²) in [5.74, 6) is -0.763. The van der Waals surface area contributed by atoms with Gasteiger partial charge >= 0.3 is 28.7 Å². The minimum atomic E-state index is -0.910. The zero-order chi connectivity index (χ0) is 48.0. The Morgan fingerprint density at radius 1 is 0.682 bits per heavy atom. The molecule has 0 aliphatic rings. The first kappa shape index (κ1) is 58.9. The SMILES string of the molecule is CCCCC(CC)CN(CC(CC)CCCC)C(=O)[CH-]CCC(CC)c1ccccc1.[CH2-]C(C)C(=O)Nc1cccc(NC(=O)c2ccc(NN=C(C(=O)OCC)C(=O)OCC)cc2)c1.[Co+2]. The van der Waals surface area contributed by atoms with Crippen LogP contribution >= 0.6 is 0 Å². The minimum Gasteiger partial charge on any atom is -0.461 e. The largest absolute Gasteiger partial charge is 2.00 e. The molecule has 0 heterocycles. The third-order valence-electron chi connectivity index (χ3n) is 11.2. The van der Waals surface area contributed by atoms with Crippen LogP contribution in [0.5, 0.6) is 0 Å². The van der Waals surface area contributed by atoms with Gasteiger partial charge in [0.2, 0.25) is 0 Å². The molecule has 13 heteroatoms. The molecule has 12 nitrogen and oxygen atoms in total. The molecule has 66 heavy (non-hydrogen) atoms. The number of nitrogens with one attached hydrogen (secondary N) is 3. The Bertz CT molecular complexity index is 1850. The van der Waals surface area contributed by atoms with Crippen molar-refractivity contribution in [2.24, 2.45) is 22.9 Å². The van der Waals surface area contributed by atoms with Crippen LogP contribution in [0.4, 0.5) is 17.1 Å². The van der Waals surface area contributed by atoms with E-state index in [1.807, 2.05) is 6.42 Å². The molecule has 0 fully saturated rings. The number of carbonyl (C=O) groups is 5. The van der Waals surface area contributed by atoms with Gasteiger partial charge in [0.05, 0.1) is 24.8 Å². The summed E-state index contributed by atoms with van der Waals surface area (Å²) in [6.45, 7) is 21.9. The Kier molecular flexibility index (Phi) is 30.5. The number of carbonyl (C=O) groups excluding carboxylic acids is 5. The standard InChI is InChI=1S/C29H50NO.C24H27N4O6.Co/c1-6-11-17-25(8-3)23-30(24-26(9-4)18-12-7-2)29(31)22-16-21-27(10-5)28-19-14-13-15-20-28;1-5-33-23(31)20(24(32)34-6-2)28-27-17-12-10-16(11-13-17)22(30)26-19-9-7-8-18(14-19)25-21(29)15(3)4;/h13-15,19-20,22,25-27H,6-12,16-18,21,23-24H2,1-5H3;7-15,27H,3,5-6H2,1-2,4H3,(H,25,29)(H,26,30);/q2*-1;+2. The summed E-state index contributed by atoms with van der Waals surface area (Å²) >= 11 is 0. The molecule has 4 atom stereocenters. The van der Waals surface area contributed by atoms with Crippen molar-refractivity contribution in [2.45, 2.75) is 132 Å². The Labute approximate surface area is 406 Å². The number of anilines is 3. The first-order chi connectivity index (χ1) is 31.3. The molecule has 365 valence electrons. The van der Waals surface area contributed by atoms with Gasteiger partial charge in [-0.05, 0) is 98.9 Å². The maximum atomic E-state index is 13.3. The Balaban J connectivity index is 0.000000653. The molecule has 3 amide bonds. The van der Waals surface area contributed by atoms with Gasteiger partial charge in [0, 0.05) is 30.0 Å². The molecule has 4 unspecified atom stereocenters. The molecule has 3 N–H and O–H groups in total. The van der Waals surface area contributed by atoms with E-state index in [2.05, 4.69) is 97.9 Å². The van der Waals surface area contributed by atoms with E-state index >= 15 is 0 Å². The van der Waals surface area contributed by atoms with E-state index in [-0.39, 0.29) is 47.7 Å². The molecule has 0 aliphatic heterocycles. The van der Waals surface area contributed by atoms with E-state index in [1.165, 1.54) is 69.1 Å². The number of esters is 2. The molecule has 0 bridgehead atoms. The van der Waals surface area contributed by atoms with Crippen molar-refractivity contribution in [2.75, 3.05) is 42.4 Å². The fourth-order valence-corrected chi connectivity index (χ4v) is 7.11. The summed E-state index contributed by atoms with van der Waals surface area (Å²) in [4.78, 5) is 63.7. The summed E-state index contributed by atoms with van der Waals surface area (Å²) in [5, 5.41) is 9.27. The van der Waals surface area contributed by atoms with Crippen molar-refractivity contribution in [3.05, 3.63) is 103 Å². The molecule has 0 aromatic heterocycles. The van der Waals surface area contributed by atoms with Crippen LogP contribution in [0.15, 0.2) is 84.0 Å². The van der Waals surface area contributed by atoms with Gasteiger partial charge in [0.1, 0.15) is 0 Å². The number of nitrogens with zero attached hydrogens (tertiary/aromatic N) is 2. The zero-order valence-corrected chi connectivity index (χ0v) is 41.8. The molecule has 0 aliphatic carbocycles. The van der Waals surface area contributed by atoms with Crippen molar-refractivity contribution < 1.29 is 50.2 Å². The Morgan fingerprint density at radius 3 is 1.71 bits per heavy atom. The van der Waals surface area contributed by atoms with Gasteiger partial charge in [-0.25, -0.2) is 9.59 Å². The molecular formula is C53H77CoN5O7. The van der Waals surface area contributed by atoms with Crippen molar-refractivity contribution in [3.63, 3.8) is 0 Å². The quantitative estimate of drug-likeness (QED) is 0.0214. The van der Waals surface area contributed by atoms with Crippen LogP contribution in [0.1, 0.15) is 148 Å². The average molecular weight is 955 g/mol. The number of benzene rings is 3. The van der Waals surface area contributed by atoms with Crippen molar-refractivity contribution in [3.8, 4) is 0 Å².